The Morgan fingerprint density at radius 1 is 1.33 bits per heavy atom. The molecule has 2 nitrogen and oxygen atoms in total. The summed E-state index contributed by atoms with van der Waals surface area (Å²) in [7, 11) is 0. The molecule has 0 saturated heterocycles. The van der Waals surface area contributed by atoms with Gasteiger partial charge in [-0.05, 0) is 31.6 Å². The molecule has 0 atom stereocenters. The molecule has 0 amide bonds. The summed E-state index contributed by atoms with van der Waals surface area (Å²) in [6.45, 7) is 8.22. The highest BCUT2D eigenvalue weighted by Gasteiger charge is 2.39. The molecule has 1 aliphatic rings. The van der Waals surface area contributed by atoms with Gasteiger partial charge in [0.15, 0.2) is 0 Å². The Balaban J connectivity index is 1.89. The van der Waals surface area contributed by atoms with Crippen molar-refractivity contribution in [2.24, 2.45) is 5.41 Å². The van der Waals surface area contributed by atoms with E-state index in [1.54, 1.807) is 0 Å². The topological polar surface area (TPSA) is 21.3 Å². The molecule has 0 heterocycles. The second kappa shape index (κ2) is 4.83. The van der Waals surface area contributed by atoms with Crippen molar-refractivity contribution < 1.29 is 4.74 Å². The monoisotopic (exact) mass is 171 g/mol. The quantitative estimate of drug-likeness (QED) is 0.590. The largest absolute Gasteiger partial charge is 0.380 e. The zero-order chi connectivity index (χ0) is 8.86. The van der Waals surface area contributed by atoms with Crippen LogP contribution in [0.1, 0.15) is 33.1 Å². The van der Waals surface area contributed by atoms with Gasteiger partial charge in [0.25, 0.3) is 0 Å². The van der Waals surface area contributed by atoms with Crippen LogP contribution in [0.3, 0.4) is 0 Å². The number of hydrogen-bond donors (Lipinski definition) is 1. The molecule has 0 aromatic rings. The second-order valence-electron chi connectivity index (χ2n) is 3.73. The Bertz CT molecular complexity index is 121. The van der Waals surface area contributed by atoms with Crippen LogP contribution in [0.5, 0.6) is 0 Å². The first-order chi connectivity index (χ1) is 5.83. The van der Waals surface area contributed by atoms with E-state index in [1.165, 1.54) is 25.8 Å². The fourth-order valence-corrected chi connectivity index (χ4v) is 1.47. The summed E-state index contributed by atoms with van der Waals surface area (Å²) in [5.74, 6) is 0. The van der Waals surface area contributed by atoms with E-state index in [4.69, 9.17) is 4.74 Å². The highest BCUT2D eigenvalue weighted by molar-refractivity contribution is 4.93. The van der Waals surface area contributed by atoms with Gasteiger partial charge in [-0.1, -0.05) is 6.92 Å². The van der Waals surface area contributed by atoms with Crippen molar-refractivity contribution in [3.63, 3.8) is 0 Å². The fourth-order valence-electron chi connectivity index (χ4n) is 1.47. The van der Waals surface area contributed by atoms with E-state index in [9.17, 15) is 0 Å². The molecular formula is C10H21NO. The molecule has 1 fully saturated rings. The summed E-state index contributed by atoms with van der Waals surface area (Å²) in [5.41, 5.74) is 0.673. The first-order valence-electron chi connectivity index (χ1n) is 5.11. The molecular weight excluding hydrogens is 150 g/mol. The fraction of sp³-hybridized carbons (Fsp3) is 1.00. The molecule has 0 radical (unpaired) electrons. The van der Waals surface area contributed by atoms with Crippen LogP contribution in [0.15, 0.2) is 0 Å². The molecule has 0 aliphatic heterocycles. The van der Waals surface area contributed by atoms with Crippen molar-refractivity contribution in [2.75, 3.05) is 26.3 Å². The summed E-state index contributed by atoms with van der Waals surface area (Å²) in [6.07, 6.45) is 4.17. The van der Waals surface area contributed by atoms with E-state index in [2.05, 4.69) is 12.2 Å². The summed E-state index contributed by atoms with van der Waals surface area (Å²) in [5, 5.41) is 3.45. The van der Waals surface area contributed by atoms with E-state index in [1.807, 2.05) is 6.92 Å². The Labute approximate surface area is 75.7 Å². The summed E-state index contributed by atoms with van der Waals surface area (Å²) in [6, 6.07) is 0. The normalized spacial score (nSPS) is 19.5. The molecule has 0 unspecified atom stereocenters. The van der Waals surface area contributed by atoms with Crippen LogP contribution >= 0.6 is 0 Å². The highest BCUT2D eigenvalue weighted by atomic mass is 16.5. The van der Waals surface area contributed by atoms with Crippen molar-refractivity contribution in [3.05, 3.63) is 0 Å². The van der Waals surface area contributed by atoms with E-state index in [0.29, 0.717) is 5.41 Å². The standard InChI is InChI=1S/C10H21NO/c1-3-10(5-6-10)9-11-7-8-12-4-2/h11H,3-9H2,1-2H3. The predicted molar refractivity (Wildman–Crippen MR) is 51.3 cm³/mol. The number of hydrogen-bond acceptors (Lipinski definition) is 2. The number of nitrogens with one attached hydrogen (secondary N) is 1. The molecule has 0 aromatic heterocycles. The van der Waals surface area contributed by atoms with Gasteiger partial charge in [-0.15, -0.1) is 0 Å². The van der Waals surface area contributed by atoms with Crippen molar-refractivity contribution in [1.82, 2.24) is 5.32 Å². The summed E-state index contributed by atoms with van der Waals surface area (Å²) in [4.78, 5) is 0. The van der Waals surface area contributed by atoms with Crippen LogP contribution in [0.4, 0.5) is 0 Å². The van der Waals surface area contributed by atoms with Crippen LogP contribution in [0.2, 0.25) is 0 Å². The lowest BCUT2D eigenvalue weighted by Crippen LogP contribution is -2.27. The van der Waals surface area contributed by atoms with Gasteiger partial charge < -0.3 is 10.1 Å². The minimum Gasteiger partial charge on any atom is -0.380 e. The molecule has 12 heavy (non-hydrogen) atoms. The minimum atomic E-state index is 0.673. The van der Waals surface area contributed by atoms with E-state index in [0.717, 1.165) is 19.8 Å². The van der Waals surface area contributed by atoms with Gasteiger partial charge in [0.2, 0.25) is 0 Å². The van der Waals surface area contributed by atoms with E-state index < -0.39 is 0 Å². The van der Waals surface area contributed by atoms with Crippen LogP contribution in [-0.2, 0) is 4.74 Å². The average molecular weight is 171 g/mol. The van der Waals surface area contributed by atoms with Crippen LogP contribution in [0.25, 0.3) is 0 Å². The van der Waals surface area contributed by atoms with Crippen molar-refractivity contribution in [1.29, 1.82) is 0 Å². The highest BCUT2D eigenvalue weighted by Crippen LogP contribution is 2.47. The first kappa shape index (κ1) is 10.0. The lowest BCUT2D eigenvalue weighted by molar-refractivity contribution is 0.148. The van der Waals surface area contributed by atoms with Crippen LogP contribution in [-0.4, -0.2) is 26.3 Å². The third kappa shape index (κ3) is 3.11. The van der Waals surface area contributed by atoms with Gasteiger partial charge in [-0.3, -0.25) is 0 Å². The van der Waals surface area contributed by atoms with Crippen molar-refractivity contribution in [2.45, 2.75) is 33.1 Å². The molecule has 72 valence electrons. The van der Waals surface area contributed by atoms with Gasteiger partial charge in [-0.25, -0.2) is 0 Å². The molecule has 0 bridgehead atoms. The number of rotatable bonds is 7. The van der Waals surface area contributed by atoms with Gasteiger partial charge in [0.1, 0.15) is 0 Å². The molecule has 1 N–H and O–H groups in total. The summed E-state index contributed by atoms with van der Waals surface area (Å²) < 4.78 is 5.24. The molecule has 1 saturated carbocycles. The third-order valence-corrected chi connectivity index (χ3v) is 2.83. The maximum atomic E-state index is 5.24. The second-order valence-corrected chi connectivity index (χ2v) is 3.73. The van der Waals surface area contributed by atoms with Gasteiger partial charge >= 0.3 is 0 Å². The lowest BCUT2D eigenvalue weighted by atomic mass is 10.0. The number of ether oxygens (including phenoxy) is 1. The average Bonchev–Trinajstić information content (AvgIpc) is 2.85. The van der Waals surface area contributed by atoms with Gasteiger partial charge in [0.05, 0.1) is 6.61 Å². The van der Waals surface area contributed by atoms with Crippen molar-refractivity contribution >= 4 is 0 Å². The Hall–Kier alpha value is -0.0800. The Kier molecular flexibility index (Phi) is 4.02. The lowest BCUT2D eigenvalue weighted by Gasteiger charge is -2.12. The van der Waals surface area contributed by atoms with Crippen LogP contribution < -0.4 is 5.32 Å². The molecule has 2 heteroatoms. The van der Waals surface area contributed by atoms with Gasteiger partial charge in [-0.2, -0.15) is 0 Å². The van der Waals surface area contributed by atoms with Gasteiger partial charge in [0, 0.05) is 19.7 Å². The maximum Gasteiger partial charge on any atom is 0.0590 e. The summed E-state index contributed by atoms with van der Waals surface area (Å²) >= 11 is 0. The van der Waals surface area contributed by atoms with Crippen molar-refractivity contribution in [3.8, 4) is 0 Å². The first-order valence-corrected chi connectivity index (χ1v) is 5.11. The maximum absolute atomic E-state index is 5.24. The molecule has 1 rings (SSSR count). The molecule has 1 aliphatic carbocycles. The minimum absolute atomic E-state index is 0.673. The van der Waals surface area contributed by atoms with E-state index >= 15 is 0 Å². The zero-order valence-corrected chi connectivity index (χ0v) is 8.36. The Morgan fingerprint density at radius 2 is 2.08 bits per heavy atom. The smallest absolute Gasteiger partial charge is 0.0590 e. The Morgan fingerprint density at radius 3 is 2.58 bits per heavy atom. The third-order valence-electron chi connectivity index (χ3n) is 2.83. The van der Waals surface area contributed by atoms with E-state index in [-0.39, 0.29) is 0 Å². The molecule has 0 spiro atoms. The molecule has 0 aromatic carbocycles. The van der Waals surface area contributed by atoms with Crippen LogP contribution in [0, 0.1) is 5.41 Å². The predicted octanol–water partition coefficient (Wildman–Crippen LogP) is 1.80. The zero-order valence-electron chi connectivity index (χ0n) is 8.36. The SMILES string of the molecule is CCOCCNCC1(CC)CC1.